The number of anilines is 1. The van der Waals surface area contributed by atoms with Crippen molar-refractivity contribution in [2.75, 3.05) is 38.0 Å². The van der Waals surface area contributed by atoms with Crippen molar-refractivity contribution in [1.29, 1.82) is 0 Å². The number of carbonyl (C=O) groups is 1. The van der Waals surface area contributed by atoms with Gasteiger partial charge in [-0.3, -0.25) is 4.99 Å². The lowest BCUT2D eigenvalue weighted by molar-refractivity contribution is 0.182. The minimum absolute atomic E-state index is 0.0142. The number of aliphatic imine (C=N–C) groups is 1. The van der Waals surface area contributed by atoms with E-state index in [0.717, 1.165) is 49.1 Å². The average molecular weight is 318 g/mol. The molecule has 1 saturated heterocycles. The first-order valence-electron chi connectivity index (χ1n) is 7.70. The summed E-state index contributed by atoms with van der Waals surface area (Å²) in [5, 5.41) is 4.70. The standard InChI is InChI=1S/C16H22N4OS/c1-12-4-3-5-14(10-12)18-15(21)19-6-8-20(9-7-19)16-17-11-13(2)22-16/h3-5,10,13H,6-9,11H2,1-2H3,(H,18,21)/t13-/m1/s1. The first-order chi connectivity index (χ1) is 10.6. The van der Waals surface area contributed by atoms with Crippen molar-refractivity contribution in [3.63, 3.8) is 0 Å². The number of amidine groups is 1. The van der Waals surface area contributed by atoms with Gasteiger partial charge in [0.1, 0.15) is 0 Å². The Morgan fingerprint density at radius 2 is 2.09 bits per heavy atom. The van der Waals surface area contributed by atoms with E-state index >= 15 is 0 Å². The SMILES string of the molecule is Cc1cccc(NC(=O)N2CCN(C3=NC[C@@H](C)S3)CC2)c1. The van der Waals surface area contributed by atoms with Crippen LogP contribution in [0.2, 0.25) is 0 Å². The second kappa shape index (κ2) is 6.60. The van der Waals surface area contributed by atoms with Crippen LogP contribution in [-0.4, -0.2) is 59.0 Å². The van der Waals surface area contributed by atoms with E-state index < -0.39 is 0 Å². The van der Waals surface area contributed by atoms with E-state index in [9.17, 15) is 4.79 Å². The van der Waals surface area contributed by atoms with E-state index in [1.807, 2.05) is 47.9 Å². The molecule has 1 N–H and O–H groups in total. The lowest BCUT2D eigenvalue weighted by atomic mass is 10.2. The second-order valence-corrected chi connectivity index (χ2v) is 7.23. The fourth-order valence-corrected chi connectivity index (χ4v) is 3.65. The monoisotopic (exact) mass is 318 g/mol. The van der Waals surface area contributed by atoms with Gasteiger partial charge in [-0.05, 0) is 24.6 Å². The molecule has 0 unspecified atom stereocenters. The van der Waals surface area contributed by atoms with Crippen LogP contribution < -0.4 is 5.32 Å². The largest absolute Gasteiger partial charge is 0.348 e. The van der Waals surface area contributed by atoms with E-state index in [1.165, 1.54) is 0 Å². The Hall–Kier alpha value is -1.69. The third kappa shape index (κ3) is 3.55. The first-order valence-corrected chi connectivity index (χ1v) is 8.58. The fraction of sp³-hybridized carbons (Fsp3) is 0.500. The van der Waals surface area contributed by atoms with E-state index in [-0.39, 0.29) is 6.03 Å². The van der Waals surface area contributed by atoms with Gasteiger partial charge in [0.05, 0.1) is 6.54 Å². The average Bonchev–Trinajstić information content (AvgIpc) is 2.94. The van der Waals surface area contributed by atoms with Crippen LogP contribution in [0.3, 0.4) is 0 Å². The van der Waals surface area contributed by atoms with Crippen molar-refractivity contribution in [3.05, 3.63) is 29.8 Å². The highest BCUT2D eigenvalue weighted by atomic mass is 32.2. The zero-order chi connectivity index (χ0) is 15.5. The normalized spacial score (nSPS) is 21.7. The predicted octanol–water partition coefficient (Wildman–Crippen LogP) is 2.64. The van der Waals surface area contributed by atoms with Crippen LogP contribution in [-0.2, 0) is 0 Å². The smallest absolute Gasteiger partial charge is 0.321 e. The number of benzene rings is 1. The number of hydrogen-bond acceptors (Lipinski definition) is 4. The van der Waals surface area contributed by atoms with E-state index in [2.05, 4.69) is 22.1 Å². The van der Waals surface area contributed by atoms with Gasteiger partial charge in [-0.1, -0.05) is 30.8 Å². The number of rotatable bonds is 1. The molecule has 2 aliphatic rings. The number of nitrogens with one attached hydrogen (secondary N) is 1. The van der Waals surface area contributed by atoms with Gasteiger partial charge in [-0.15, -0.1) is 0 Å². The summed E-state index contributed by atoms with van der Waals surface area (Å²) in [5.41, 5.74) is 2.00. The fourth-order valence-electron chi connectivity index (χ4n) is 2.66. The topological polar surface area (TPSA) is 47.9 Å². The Bertz CT molecular complexity index is 581. The molecule has 118 valence electrons. The molecule has 3 rings (SSSR count). The van der Waals surface area contributed by atoms with Gasteiger partial charge in [-0.2, -0.15) is 0 Å². The maximum atomic E-state index is 12.3. The summed E-state index contributed by atoms with van der Waals surface area (Å²) in [6, 6.07) is 7.88. The zero-order valence-corrected chi connectivity index (χ0v) is 13.9. The van der Waals surface area contributed by atoms with Gasteiger partial charge in [-0.25, -0.2) is 4.79 Å². The summed E-state index contributed by atoms with van der Waals surface area (Å²) in [4.78, 5) is 21.1. The highest BCUT2D eigenvalue weighted by Crippen LogP contribution is 2.23. The Morgan fingerprint density at radius 3 is 2.73 bits per heavy atom. The minimum atomic E-state index is -0.0142. The summed E-state index contributed by atoms with van der Waals surface area (Å²) in [6.45, 7) is 8.34. The van der Waals surface area contributed by atoms with Crippen molar-refractivity contribution in [2.24, 2.45) is 4.99 Å². The number of amides is 2. The van der Waals surface area contributed by atoms with Crippen LogP contribution >= 0.6 is 11.8 Å². The molecule has 1 aromatic rings. The molecule has 2 aliphatic heterocycles. The molecule has 5 nitrogen and oxygen atoms in total. The zero-order valence-electron chi connectivity index (χ0n) is 13.1. The van der Waals surface area contributed by atoms with Crippen LogP contribution in [0.25, 0.3) is 0 Å². The number of piperazine rings is 1. The molecule has 1 atom stereocenters. The Balaban J connectivity index is 1.52. The molecule has 22 heavy (non-hydrogen) atoms. The van der Waals surface area contributed by atoms with Crippen LogP contribution in [0.1, 0.15) is 12.5 Å². The number of nitrogens with zero attached hydrogens (tertiary/aromatic N) is 3. The molecule has 0 radical (unpaired) electrons. The van der Waals surface area contributed by atoms with Crippen molar-refractivity contribution in [2.45, 2.75) is 19.1 Å². The van der Waals surface area contributed by atoms with E-state index in [1.54, 1.807) is 0 Å². The van der Waals surface area contributed by atoms with E-state index in [0.29, 0.717) is 5.25 Å². The number of hydrogen-bond donors (Lipinski definition) is 1. The lowest BCUT2D eigenvalue weighted by Crippen LogP contribution is -2.51. The second-order valence-electron chi connectivity index (χ2n) is 5.83. The predicted molar refractivity (Wildman–Crippen MR) is 92.7 cm³/mol. The van der Waals surface area contributed by atoms with Gasteiger partial charge in [0.25, 0.3) is 0 Å². The summed E-state index contributed by atoms with van der Waals surface area (Å²) >= 11 is 1.84. The molecule has 0 aliphatic carbocycles. The molecule has 1 aromatic carbocycles. The minimum Gasteiger partial charge on any atom is -0.348 e. The highest BCUT2D eigenvalue weighted by Gasteiger charge is 2.26. The summed E-state index contributed by atoms with van der Waals surface area (Å²) < 4.78 is 0. The van der Waals surface area contributed by atoms with Gasteiger partial charge >= 0.3 is 6.03 Å². The quantitative estimate of drug-likeness (QED) is 0.866. The summed E-state index contributed by atoms with van der Waals surface area (Å²) in [5.74, 6) is 0. The number of thioether (sulfide) groups is 1. The summed E-state index contributed by atoms with van der Waals surface area (Å²) in [7, 11) is 0. The van der Waals surface area contributed by atoms with Crippen molar-refractivity contribution in [3.8, 4) is 0 Å². The van der Waals surface area contributed by atoms with Gasteiger partial charge in [0, 0.05) is 37.1 Å². The molecule has 0 bridgehead atoms. The number of carbonyl (C=O) groups excluding carboxylic acids is 1. The Morgan fingerprint density at radius 1 is 1.32 bits per heavy atom. The highest BCUT2D eigenvalue weighted by molar-refractivity contribution is 8.14. The maximum absolute atomic E-state index is 12.3. The van der Waals surface area contributed by atoms with Crippen LogP contribution in [0.15, 0.2) is 29.3 Å². The van der Waals surface area contributed by atoms with Crippen LogP contribution in [0.5, 0.6) is 0 Å². The molecule has 0 spiro atoms. The maximum Gasteiger partial charge on any atom is 0.321 e. The third-order valence-corrected chi connectivity index (χ3v) is 5.05. The third-order valence-electron chi connectivity index (χ3n) is 3.90. The number of urea groups is 1. The first kappa shape index (κ1) is 15.2. The molecule has 1 fully saturated rings. The van der Waals surface area contributed by atoms with Gasteiger partial charge < -0.3 is 15.1 Å². The Labute approximate surface area is 135 Å². The van der Waals surface area contributed by atoms with Gasteiger partial charge in [0.2, 0.25) is 0 Å². The lowest BCUT2D eigenvalue weighted by Gasteiger charge is -2.35. The molecular weight excluding hydrogens is 296 g/mol. The van der Waals surface area contributed by atoms with Crippen molar-refractivity contribution in [1.82, 2.24) is 9.80 Å². The van der Waals surface area contributed by atoms with Crippen molar-refractivity contribution >= 4 is 28.6 Å². The van der Waals surface area contributed by atoms with Crippen LogP contribution in [0.4, 0.5) is 10.5 Å². The Kier molecular flexibility index (Phi) is 4.57. The molecule has 2 heterocycles. The molecule has 0 aromatic heterocycles. The van der Waals surface area contributed by atoms with Gasteiger partial charge in [0.15, 0.2) is 5.17 Å². The van der Waals surface area contributed by atoms with E-state index in [4.69, 9.17) is 0 Å². The molecule has 0 saturated carbocycles. The molecular formula is C16H22N4OS. The molecule has 6 heteroatoms. The van der Waals surface area contributed by atoms with Crippen molar-refractivity contribution < 1.29 is 4.79 Å². The molecule has 2 amide bonds. The summed E-state index contributed by atoms with van der Waals surface area (Å²) in [6.07, 6.45) is 0. The van der Waals surface area contributed by atoms with Crippen LogP contribution in [0, 0.1) is 6.92 Å². The number of aryl methyl sites for hydroxylation is 1.